The third-order valence-corrected chi connectivity index (χ3v) is 5.35. The van der Waals surface area contributed by atoms with Gasteiger partial charge in [0.1, 0.15) is 17.5 Å². The first-order chi connectivity index (χ1) is 14.1. The molecule has 1 saturated heterocycles. The largest absolute Gasteiger partial charge is 0.497 e. The Bertz CT molecular complexity index is 855. The highest BCUT2D eigenvalue weighted by Gasteiger charge is 2.33. The van der Waals surface area contributed by atoms with E-state index in [0.717, 1.165) is 36.4 Å². The van der Waals surface area contributed by atoms with Crippen LogP contribution in [0.2, 0.25) is 0 Å². The molecule has 2 N–H and O–H groups in total. The minimum absolute atomic E-state index is 0.0356. The molecule has 29 heavy (non-hydrogen) atoms. The van der Waals surface area contributed by atoms with Crippen molar-refractivity contribution >= 4 is 11.6 Å². The van der Waals surface area contributed by atoms with Gasteiger partial charge in [0.2, 0.25) is 0 Å². The van der Waals surface area contributed by atoms with Crippen LogP contribution >= 0.6 is 0 Å². The Morgan fingerprint density at radius 1 is 0.966 bits per heavy atom. The van der Waals surface area contributed by atoms with Crippen molar-refractivity contribution in [1.82, 2.24) is 0 Å². The van der Waals surface area contributed by atoms with Crippen LogP contribution in [0.25, 0.3) is 0 Å². The van der Waals surface area contributed by atoms with Crippen molar-refractivity contribution in [2.45, 2.75) is 18.9 Å². The lowest BCUT2D eigenvalue weighted by Gasteiger charge is -2.23. The van der Waals surface area contributed by atoms with E-state index >= 15 is 0 Å². The van der Waals surface area contributed by atoms with Crippen LogP contribution in [0.1, 0.15) is 24.4 Å². The van der Waals surface area contributed by atoms with E-state index in [4.69, 9.17) is 18.9 Å². The predicted molar refractivity (Wildman–Crippen MR) is 110 cm³/mol. The number of ether oxygens (including phenoxy) is 4. The quantitative estimate of drug-likeness (QED) is 0.709. The Hall–Kier alpha value is -2.93. The number of nitrogens with one attached hydrogen (secondary N) is 2. The standard InChI is InChI=1S/C22H28N2O5/c1-26-16-8-9-17(20(13-16)28-3)18-6-5-11-24(18)14-22(25)23-15-7-10-19(27-2)21(12-15)29-4/h7-10,12-13,18H,5-6,11,14H2,1-4H3,(H,23,25)/p+1/t18-/m1/s1. The second-order valence-electron chi connectivity index (χ2n) is 7.01. The number of amides is 1. The zero-order valence-electron chi connectivity index (χ0n) is 17.4. The number of methoxy groups -OCH3 is 4. The van der Waals surface area contributed by atoms with Gasteiger partial charge in [0.05, 0.1) is 40.5 Å². The molecule has 1 unspecified atom stereocenters. The lowest BCUT2D eigenvalue weighted by Crippen LogP contribution is -3.11. The van der Waals surface area contributed by atoms with Gasteiger partial charge in [0, 0.05) is 30.7 Å². The fraction of sp³-hybridized carbons (Fsp3) is 0.409. The molecule has 2 atom stereocenters. The fourth-order valence-corrected chi connectivity index (χ4v) is 3.93. The van der Waals surface area contributed by atoms with Crippen LogP contribution in [0.15, 0.2) is 36.4 Å². The maximum absolute atomic E-state index is 12.7. The van der Waals surface area contributed by atoms with Gasteiger partial charge in [-0.3, -0.25) is 4.79 Å². The first-order valence-corrected chi connectivity index (χ1v) is 9.68. The van der Waals surface area contributed by atoms with E-state index in [1.165, 1.54) is 4.90 Å². The lowest BCUT2D eigenvalue weighted by atomic mass is 10.0. The van der Waals surface area contributed by atoms with Crippen molar-refractivity contribution < 1.29 is 28.6 Å². The van der Waals surface area contributed by atoms with Crippen LogP contribution in [0.5, 0.6) is 23.0 Å². The minimum Gasteiger partial charge on any atom is -0.497 e. The fourth-order valence-electron chi connectivity index (χ4n) is 3.93. The van der Waals surface area contributed by atoms with Crippen LogP contribution in [-0.4, -0.2) is 47.4 Å². The normalized spacial score (nSPS) is 18.2. The molecule has 1 heterocycles. The predicted octanol–water partition coefficient (Wildman–Crippen LogP) is 2.08. The van der Waals surface area contributed by atoms with Crippen molar-refractivity contribution in [2.75, 3.05) is 46.8 Å². The van der Waals surface area contributed by atoms with Gasteiger partial charge in [-0.05, 0) is 24.3 Å². The first kappa shape index (κ1) is 20.8. The van der Waals surface area contributed by atoms with Gasteiger partial charge < -0.3 is 29.2 Å². The molecule has 2 aromatic rings. The number of quaternary nitrogens is 1. The molecule has 2 aromatic carbocycles. The summed E-state index contributed by atoms with van der Waals surface area (Å²) in [6.45, 7) is 1.33. The van der Waals surface area contributed by atoms with E-state index in [1.54, 1.807) is 40.6 Å². The van der Waals surface area contributed by atoms with E-state index in [0.29, 0.717) is 23.7 Å². The third-order valence-electron chi connectivity index (χ3n) is 5.35. The first-order valence-electron chi connectivity index (χ1n) is 9.68. The number of likely N-dealkylation sites (tertiary alicyclic amines) is 1. The van der Waals surface area contributed by atoms with Gasteiger partial charge in [-0.25, -0.2) is 0 Å². The minimum atomic E-state index is -0.0356. The van der Waals surface area contributed by atoms with Gasteiger partial charge in [-0.2, -0.15) is 0 Å². The summed E-state index contributed by atoms with van der Waals surface area (Å²) in [5, 5.41) is 2.97. The molecule has 0 saturated carbocycles. The molecule has 1 fully saturated rings. The van der Waals surface area contributed by atoms with E-state index < -0.39 is 0 Å². The molecular formula is C22H29N2O5+. The second kappa shape index (κ2) is 9.52. The Kier molecular flexibility index (Phi) is 6.82. The molecule has 7 nitrogen and oxygen atoms in total. The Labute approximate surface area is 171 Å². The van der Waals surface area contributed by atoms with Crippen molar-refractivity contribution in [3.8, 4) is 23.0 Å². The average Bonchev–Trinajstić information content (AvgIpc) is 3.20. The molecule has 7 heteroatoms. The summed E-state index contributed by atoms with van der Waals surface area (Å²) in [7, 11) is 6.46. The molecule has 1 aliphatic rings. The molecule has 3 rings (SSSR count). The molecule has 0 bridgehead atoms. The van der Waals surface area contributed by atoms with Crippen LogP contribution < -0.4 is 29.2 Å². The summed E-state index contributed by atoms with van der Waals surface area (Å²) < 4.78 is 21.4. The summed E-state index contributed by atoms with van der Waals surface area (Å²) >= 11 is 0. The zero-order chi connectivity index (χ0) is 20.8. The van der Waals surface area contributed by atoms with Gasteiger partial charge in [0.15, 0.2) is 18.0 Å². The van der Waals surface area contributed by atoms with Gasteiger partial charge in [0.25, 0.3) is 5.91 Å². The maximum atomic E-state index is 12.7. The molecule has 1 amide bonds. The zero-order valence-corrected chi connectivity index (χ0v) is 17.4. The number of hydrogen-bond acceptors (Lipinski definition) is 5. The van der Waals surface area contributed by atoms with Crippen molar-refractivity contribution in [3.63, 3.8) is 0 Å². The monoisotopic (exact) mass is 401 g/mol. The highest BCUT2D eigenvalue weighted by molar-refractivity contribution is 5.91. The van der Waals surface area contributed by atoms with Crippen molar-refractivity contribution in [1.29, 1.82) is 0 Å². The number of anilines is 1. The summed E-state index contributed by atoms with van der Waals surface area (Å²) in [5.74, 6) is 2.74. The maximum Gasteiger partial charge on any atom is 0.279 e. The number of hydrogen-bond donors (Lipinski definition) is 2. The van der Waals surface area contributed by atoms with Crippen molar-refractivity contribution in [2.24, 2.45) is 0 Å². The highest BCUT2D eigenvalue weighted by atomic mass is 16.5. The molecule has 156 valence electrons. The molecular weight excluding hydrogens is 372 g/mol. The van der Waals surface area contributed by atoms with Crippen LogP contribution in [0, 0.1) is 0 Å². The van der Waals surface area contributed by atoms with Crippen molar-refractivity contribution in [3.05, 3.63) is 42.0 Å². The number of carbonyl (C=O) groups is 1. The number of benzene rings is 2. The van der Waals surface area contributed by atoms with Crippen LogP contribution in [-0.2, 0) is 4.79 Å². The summed E-state index contributed by atoms with van der Waals surface area (Å²) in [6, 6.07) is 11.4. The molecule has 0 radical (unpaired) electrons. The smallest absolute Gasteiger partial charge is 0.279 e. The second-order valence-corrected chi connectivity index (χ2v) is 7.01. The summed E-state index contributed by atoms with van der Waals surface area (Å²) in [6.07, 6.45) is 2.08. The van der Waals surface area contributed by atoms with Gasteiger partial charge in [-0.15, -0.1) is 0 Å². The van der Waals surface area contributed by atoms with Crippen LogP contribution in [0.4, 0.5) is 5.69 Å². The van der Waals surface area contributed by atoms with E-state index in [9.17, 15) is 4.79 Å². The molecule has 0 spiro atoms. The van der Waals surface area contributed by atoms with Gasteiger partial charge in [-0.1, -0.05) is 0 Å². The SMILES string of the molecule is COc1ccc([C@H]2CCC[NH+]2CC(=O)Nc2ccc(OC)c(OC)c2)c(OC)c1. The molecule has 0 aliphatic carbocycles. The number of carbonyl (C=O) groups excluding carboxylic acids is 1. The summed E-state index contributed by atoms with van der Waals surface area (Å²) in [5.41, 5.74) is 1.80. The third kappa shape index (κ3) is 4.74. The average molecular weight is 401 g/mol. The summed E-state index contributed by atoms with van der Waals surface area (Å²) in [4.78, 5) is 13.9. The van der Waals surface area contributed by atoms with Gasteiger partial charge >= 0.3 is 0 Å². The van der Waals surface area contributed by atoms with E-state index in [-0.39, 0.29) is 11.9 Å². The van der Waals surface area contributed by atoms with Crippen LogP contribution in [0.3, 0.4) is 0 Å². The highest BCUT2D eigenvalue weighted by Crippen LogP contribution is 2.32. The van der Waals surface area contributed by atoms with E-state index in [1.807, 2.05) is 24.3 Å². The molecule has 1 aliphatic heterocycles. The topological polar surface area (TPSA) is 70.5 Å². The Morgan fingerprint density at radius 2 is 1.72 bits per heavy atom. The number of rotatable bonds is 8. The Morgan fingerprint density at radius 3 is 2.41 bits per heavy atom. The molecule has 0 aromatic heterocycles. The Balaban J connectivity index is 1.70. The van der Waals surface area contributed by atoms with E-state index in [2.05, 4.69) is 5.32 Å². The lowest BCUT2D eigenvalue weighted by molar-refractivity contribution is -0.910.